The Balaban J connectivity index is 1.88. The van der Waals surface area contributed by atoms with Gasteiger partial charge in [0.1, 0.15) is 4.90 Å². The number of nitrogens with zero attached hydrogens (tertiary/aromatic N) is 2. The fraction of sp³-hybridized carbons (Fsp3) is 0.643. The van der Waals surface area contributed by atoms with Crippen LogP contribution in [0.3, 0.4) is 0 Å². The van der Waals surface area contributed by atoms with Crippen LogP contribution in [-0.4, -0.2) is 51.0 Å². The van der Waals surface area contributed by atoms with Crippen molar-refractivity contribution in [3.05, 3.63) is 18.5 Å². The van der Waals surface area contributed by atoms with Crippen LogP contribution >= 0.6 is 0 Å². The zero-order chi connectivity index (χ0) is 15.1. The van der Waals surface area contributed by atoms with Gasteiger partial charge in [-0.25, -0.2) is 13.1 Å². The summed E-state index contributed by atoms with van der Waals surface area (Å²) in [7, 11) is -3.50. The minimum atomic E-state index is -3.50. The second-order valence-corrected chi connectivity index (χ2v) is 6.94. The van der Waals surface area contributed by atoms with Crippen LogP contribution in [0.5, 0.6) is 0 Å². The second kappa shape index (κ2) is 7.72. The van der Waals surface area contributed by atoms with Crippen molar-refractivity contribution in [3.8, 4) is 0 Å². The topological polar surface area (TPSA) is 74.3 Å². The minimum absolute atomic E-state index is 0.216. The molecule has 0 aromatic carbocycles. The molecule has 0 radical (unpaired) electrons. The third kappa shape index (κ3) is 4.66. The Labute approximate surface area is 127 Å². The van der Waals surface area contributed by atoms with Gasteiger partial charge in [0.05, 0.1) is 5.69 Å². The fourth-order valence-corrected chi connectivity index (χ4v) is 3.72. The summed E-state index contributed by atoms with van der Waals surface area (Å²) in [6.45, 7) is 6.29. The number of nitrogens with one attached hydrogen (secondary N) is 2. The summed E-state index contributed by atoms with van der Waals surface area (Å²) < 4.78 is 27.3. The number of hydrogen-bond donors (Lipinski definition) is 2. The van der Waals surface area contributed by atoms with E-state index < -0.39 is 10.0 Å². The van der Waals surface area contributed by atoms with Crippen molar-refractivity contribution in [1.82, 2.24) is 14.6 Å². The summed E-state index contributed by atoms with van der Waals surface area (Å²) in [5.74, 6) is 0. The molecule has 1 saturated heterocycles. The molecule has 6 nitrogen and oxygen atoms in total. The van der Waals surface area contributed by atoms with Gasteiger partial charge in [0.2, 0.25) is 10.0 Å². The molecule has 2 rings (SSSR count). The van der Waals surface area contributed by atoms with E-state index in [1.165, 1.54) is 19.0 Å². The molecular formula is C14H24N4O2S. The van der Waals surface area contributed by atoms with E-state index in [4.69, 9.17) is 0 Å². The average molecular weight is 312 g/mol. The minimum Gasteiger partial charge on any atom is -0.384 e. The summed E-state index contributed by atoms with van der Waals surface area (Å²) in [4.78, 5) is 6.51. The lowest BCUT2D eigenvalue weighted by molar-refractivity contribution is 0.334. The van der Waals surface area contributed by atoms with Crippen molar-refractivity contribution < 1.29 is 8.42 Å². The van der Waals surface area contributed by atoms with E-state index in [1.807, 2.05) is 6.92 Å². The maximum atomic E-state index is 12.3. The fourth-order valence-electron chi connectivity index (χ4n) is 2.52. The lowest BCUT2D eigenvalue weighted by atomic mass is 10.4. The van der Waals surface area contributed by atoms with Crippen LogP contribution in [0.15, 0.2) is 23.4 Å². The smallest absolute Gasteiger partial charge is 0.244 e. The third-order valence-corrected chi connectivity index (χ3v) is 5.07. The number of likely N-dealkylation sites (tertiary alicyclic amines) is 1. The van der Waals surface area contributed by atoms with E-state index >= 15 is 0 Å². The lowest BCUT2D eigenvalue weighted by Crippen LogP contribution is -2.29. The quantitative estimate of drug-likeness (QED) is 0.707. The molecule has 0 amide bonds. The number of hydrogen-bond acceptors (Lipinski definition) is 5. The molecule has 1 aromatic rings. The van der Waals surface area contributed by atoms with Crippen LogP contribution in [-0.2, 0) is 10.0 Å². The van der Waals surface area contributed by atoms with Crippen LogP contribution in [0.25, 0.3) is 0 Å². The van der Waals surface area contributed by atoms with E-state index in [-0.39, 0.29) is 4.90 Å². The molecule has 21 heavy (non-hydrogen) atoms. The number of aromatic nitrogens is 1. The van der Waals surface area contributed by atoms with E-state index in [9.17, 15) is 8.42 Å². The molecule has 1 fully saturated rings. The molecule has 1 aliphatic heterocycles. The summed E-state index contributed by atoms with van der Waals surface area (Å²) in [5, 5.41) is 3.05. The molecule has 1 aromatic heterocycles. The Morgan fingerprint density at radius 2 is 2.10 bits per heavy atom. The molecule has 0 atom stereocenters. The van der Waals surface area contributed by atoms with Crippen molar-refractivity contribution in [3.63, 3.8) is 0 Å². The molecular weight excluding hydrogens is 288 g/mol. The summed E-state index contributed by atoms with van der Waals surface area (Å²) in [6, 6.07) is 1.68. The van der Waals surface area contributed by atoms with Gasteiger partial charge in [-0.15, -0.1) is 0 Å². The predicted molar refractivity (Wildman–Crippen MR) is 83.9 cm³/mol. The summed E-state index contributed by atoms with van der Waals surface area (Å²) in [6.07, 6.45) is 6.32. The number of pyridine rings is 1. The Morgan fingerprint density at radius 3 is 2.81 bits per heavy atom. The van der Waals surface area contributed by atoms with Crippen molar-refractivity contribution in [2.75, 3.05) is 38.0 Å². The first-order valence-corrected chi connectivity index (χ1v) is 9.01. The van der Waals surface area contributed by atoms with Gasteiger partial charge in [0.25, 0.3) is 0 Å². The van der Waals surface area contributed by atoms with Gasteiger partial charge in [-0.05, 0) is 51.9 Å². The first-order chi connectivity index (χ1) is 10.1. The summed E-state index contributed by atoms with van der Waals surface area (Å²) >= 11 is 0. The Hall–Kier alpha value is -1.18. The van der Waals surface area contributed by atoms with Crippen molar-refractivity contribution in [2.24, 2.45) is 0 Å². The molecule has 2 N–H and O–H groups in total. The zero-order valence-corrected chi connectivity index (χ0v) is 13.3. The average Bonchev–Trinajstić information content (AvgIpc) is 2.98. The van der Waals surface area contributed by atoms with Crippen LogP contribution in [0, 0.1) is 0 Å². The Bertz CT molecular complexity index is 542. The van der Waals surface area contributed by atoms with Crippen molar-refractivity contribution >= 4 is 15.7 Å². The first-order valence-electron chi connectivity index (χ1n) is 7.53. The third-order valence-electron chi connectivity index (χ3n) is 3.58. The number of anilines is 1. The highest BCUT2D eigenvalue weighted by Crippen LogP contribution is 2.19. The Morgan fingerprint density at radius 1 is 1.33 bits per heavy atom. The van der Waals surface area contributed by atoms with Crippen LogP contribution in [0.1, 0.15) is 26.2 Å². The monoisotopic (exact) mass is 312 g/mol. The van der Waals surface area contributed by atoms with Gasteiger partial charge in [0.15, 0.2) is 0 Å². The van der Waals surface area contributed by atoms with E-state index in [0.29, 0.717) is 18.8 Å². The molecule has 7 heteroatoms. The normalized spacial score (nSPS) is 16.2. The van der Waals surface area contributed by atoms with E-state index in [2.05, 4.69) is 19.9 Å². The number of sulfonamides is 1. The predicted octanol–water partition coefficient (Wildman–Crippen LogP) is 1.28. The van der Waals surface area contributed by atoms with Gasteiger partial charge < -0.3 is 10.2 Å². The van der Waals surface area contributed by atoms with Gasteiger partial charge in [-0.2, -0.15) is 0 Å². The summed E-state index contributed by atoms with van der Waals surface area (Å²) in [5.41, 5.74) is 0.597. The molecule has 0 spiro atoms. The highest BCUT2D eigenvalue weighted by molar-refractivity contribution is 7.89. The lowest BCUT2D eigenvalue weighted by Gasteiger charge is -2.15. The van der Waals surface area contributed by atoms with Gasteiger partial charge in [-0.1, -0.05) is 0 Å². The second-order valence-electron chi connectivity index (χ2n) is 5.20. The highest BCUT2D eigenvalue weighted by atomic mass is 32.2. The van der Waals surface area contributed by atoms with Crippen LogP contribution in [0.4, 0.5) is 5.69 Å². The van der Waals surface area contributed by atoms with E-state index in [1.54, 1.807) is 12.3 Å². The molecule has 0 saturated carbocycles. The molecule has 0 unspecified atom stereocenters. The van der Waals surface area contributed by atoms with Crippen LogP contribution < -0.4 is 10.0 Å². The highest BCUT2D eigenvalue weighted by Gasteiger charge is 2.18. The van der Waals surface area contributed by atoms with Crippen LogP contribution in [0.2, 0.25) is 0 Å². The SMILES string of the molecule is CCNc1ccncc1S(=O)(=O)NCCCN1CCCC1. The van der Waals surface area contributed by atoms with Crippen molar-refractivity contribution in [1.29, 1.82) is 0 Å². The van der Waals surface area contributed by atoms with Crippen molar-refractivity contribution in [2.45, 2.75) is 31.1 Å². The standard InChI is InChI=1S/C14H24N4O2S/c1-2-16-13-6-8-15-12-14(13)21(19,20)17-7-5-11-18-9-3-4-10-18/h6,8,12,17H,2-5,7,9-11H2,1H3,(H,15,16). The molecule has 0 bridgehead atoms. The maximum Gasteiger partial charge on any atom is 0.244 e. The zero-order valence-electron chi connectivity index (χ0n) is 12.5. The Kier molecular flexibility index (Phi) is 5.96. The number of rotatable bonds is 8. The molecule has 0 aliphatic carbocycles. The molecule has 2 heterocycles. The first kappa shape index (κ1) is 16.2. The van der Waals surface area contributed by atoms with Gasteiger partial charge >= 0.3 is 0 Å². The molecule has 118 valence electrons. The van der Waals surface area contributed by atoms with E-state index in [0.717, 1.165) is 26.1 Å². The van der Waals surface area contributed by atoms with Gasteiger partial charge in [-0.3, -0.25) is 4.98 Å². The maximum absolute atomic E-state index is 12.3. The van der Waals surface area contributed by atoms with Gasteiger partial charge in [0, 0.05) is 25.5 Å². The molecule has 1 aliphatic rings. The largest absolute Gasteiger partial charge is 0.384 e.